The Morgan fingerprint density at radius 3 is 2.50 bits per heavy atom. The standard InChI is InChI=1S/C26H32FN5OS/c1-19-7-8-21(20(2)15-19)16-30(3)25(33)18-34-26-29-28-24(17-31-13-5-4-6-14-31)32(26)23-11-9-22(27)10-12-23/h7-12,15H,4-6,13-14,16-18H2,1-3H3. The summed E-state index contributed by atoms with van der Waals surface area (Å²) in [5.74, 6) is 0.805. The molecule has 0 bridgehead atoms. The molecular weight excluding hydrogens is 449 g/mol. The van der Waals surface area contributed by atoms with Crippen molar-refractivity contribution in [3.8, 4) is 5.69 Å². The SMILES string of the molecule is Cc1ccc(CN(C)C(=O)CSc2nnc(CN3CCCCC3)n2-c2ccc(F)cc2)c(C)c1. The number of likely N-dealkylation sites (tertiary alicyclic amines) is 1. The molecule has 1 aliphatic rings. The first kappa shape index (κ1) is 24.4. The van der Waals surface area contributed by atoms with Gasteiger partial charge in [0.15, 0.2) is 11.0 Å². The van der Waals surface area contributed by atoms with E-state index < -0.39 is 0 Å². The summed E-state index contributed by atoms with van der Waals surface area (Å²) in [5, 5.41) is 9.50. The molecule has 0 atom stereocenters. The van der Waals surface area contributed by atoms with Gasteiger partial charge in [-0.1, -0.05) is 41.9 Å². The van der Waals surface area contributed by atoms with Gasteiger partial charge in [0.05, 0.1) is 12.3 Å². The number of nitrogens with zero attached hydrogens (tertiary/aromatic N) is 5. The molecule has 3 aromatic rings. The largest absolute Gasteiger partial charge is 0.341 e. The number of aromatic nitrogens is 3. The fourth-order valence-electron chi connectivity index (χ4n) is 4.27. The van der Waals surface area contributed by atoms with Gasteiger partial charge in [-0.3, -0.25) is 14.3 Å². The zero-order valence-corrected chi connectivity index (χ0v) is 20.9. The minimum absolute atomic E-state index is 0.0243. The lowest BCUT2D eigenvalue weighted by Crippen LogP contribution is -2.30. The first-order valence-electron chi connectivity index (χ1n) is 11.8. The number of amides is 1. The first-order chi connectivity index (χ1) is 16.4. The molecule has 1 fully saturated rings. The Hall–Kier alpha value is -2.71. The Bertz CT molecular complexity index is 1120. The van der Waals surface area contributed by atoms with Gasteiger partial charge in [-0.2, -0.15) is 0 Å². The number of carbonyl (C=O) groups is 1. The molecule has 0 spiro atoms. The van der Waals surface area contributed by atoms with Crippen molar-refractivity contribution >= 4 is 17.7 Å². The van der Waals surface area contributed by atoms with Gasteiger partial charge in [0.25, 0.3) is 0 Å². The summed E-state index contributed by atoms with van der Waals surface area (Å²) in [6.07, 6.45) is 3.64. The van der Waals surface area contributed by atoms with Crippen molar-refractivity contribution in [2.75, 3.05) is 25.9 Å². The smallest absolute Gasteiger partial charge is 0.233 e. The molecule has 6 nitrogen and oxygen atoms in total. The number of piperidine rings is 1. The molecular formula is C26H32FN5OS. The highest BCUT2D eigenvalue weighted by Crippen LogP contribution is 2.24. The number of carbonyl (C=O) groups excluding carboxylic acids is 1. The van der Waals surface area contributed by atoms with Crippen LogP contribution in [-0.2, 0) is 17.9 Å². The highest BCUT2D eigenvalue weighted by Gasteiger charge is 2.20. The number of hydrogen-bond donors (Lipinski definition) is 0. The molecule has 8 heteroatoms. The van der Waals surface area contributed by atoms with E-state index in [4.69, 9.17) is 0 Å². The molecule has 2 aromatic carbocycles. The van der Waals surface area contributed by atoms with Crippen LogP contribution in [-0.4, -0.2) is 56.4 Å². The Labute approximate surface area is 205 Å². The predicted octanol–water partition coefficient (Wildman–Crippen LogP) is 4.76. The molecule has 0 aliphatic carbocycles. The average Bonchev–Trinajstić information content (AvgIpc) is 3.22. The molecule has 1 saturated heterocycles. The number of thioether (sulfide) groups is 1. The summed E-state index contributed by atoms with van der Waals surface area (Å²) in [6.45, 7) is 7.48. The Morgan fingerprint density at radius 2 is 1.79 bits per heavy atom. The zero-order valence-electron chi connectivity index (χ0n) is 20.1. The number of rotatable bonds is 8. The monoisotopic (exact) mass is 481 g/mol. The summed E-state index contributed by atoms with van der Waals surface area (Å²) in [4.78, 5) is 17.0. The summed E-state index contributed by atoms with van der Waals surface area (Å²) in [6, 6.07) is 12.6. The van der Waals surface area contributed by atoms with Crippen molar-refractivity contribution in [2.24, 2.45) is 0 Å². The molecule has 2 heterocycles. The predicted molar refractivity (Wildman–Crippen MR) is 134 cm³/mol. The molecule has 4 rings (SSSR count). The maximum atomic E-state index is 13.6. The van der Waals surface area contributed by atoms with Gasteiger partial charge in [-0.25, -0.2) is 4.39 Å². The van der Waals surface area contributed by atoms with Crippen LogP contribution in [0.4, 0.5) is 4.39 Å². The zero-order chi connectivity index (χ0) is 24.1. The lowest BCUT2D eigenvalue weighted by atomic mass is 10.1. The number of hydrogen-bond acceptors (Lipinski definition) is 5. The summed E-state index contributed by atoms with van der Waals surface area (Å²) >= 11 is 1.37. The van der Waals surface area contributed by atoms with Crippen molar-refractivity contribution in [3.63, 3.8) is 0 Å². The first-order valence-corrected chi connectivity index (χ1v) is 12.7. The van der Waals surface area contributed by atoms with E-state index in [1.807, 2.05) is 11.6 Å². The third-order valence-electron chi connectivity index (χ3n) is 6.26. The highest BCUT2D eigenvalue weighted by atomic mass is 32.2. The second-order valence-corrected chi connectivity index (χ2v) is 9.96. The van der Waals surface area contributed by atoms with Gasteiger partial charge in [0, 0.05) is 19.3 Å². The van der Waals surface area contributed by atoms with Gasteiger partial charge in [0.2, 0.25) is 5.91 Å². The average molecular weight is 482 g/mol. The Morgan fingerprint density at radius 1 is 1.06 bits per heavy atom. The third-order valence-corrected chi connectivity index (χ3v) is 7.17. The number of aryl methyl sites for hydroxylation is 2. The van der Waals surface area contributed by atoms with Crippen molar-refractivity contribution in [2.45, 2.75) is 51.4 Å². The van der Waals surface area contributed by atoms with E-state index >= 15 is 0 Å². The fraction of sp³-hybridized carbons (Fsp3) is 0.423. The van der Waals surface area contributed by atoms with E-state index in [1.54, 1.807) is 17.0 Å². The molecule has 1 aliphatic heterocycles. The molecule has 34 heavy (non-hydrogen) atoms. The molecule has 180 valence electrons. The third kappa shape index (κ3) is 6.04. The summed E-state index contributed by atoms with van der Waals surface area (Å²) < 4.78 is 15.5. The lowest BCUT2D eigenvalue weighted by molar-refractivity contribution is -0.127. The van der Waals surface area contributed by atoms with Crippen LogP contribution in [0.25, 0.3) is 5.69 Å². The van der Waals surface area contributed by atoms with Crippen LogP contribution in [0.15, 0.2) is 47.6 Å². The number of benzene rings is 2. The van der Waals surface area contributed by atoms with Gasteiger partial charge in [-0.05, 0) is 75.2 Å². The maximum Gasteiger partial charge on any atom is 0.233 e. The Balaban J connectivity index is 1.48. The summed E-state index contributed by atoms with van der Waals surface area (Å²) in [5.41, 5.74) is 4.35. The van der Waals surface area contributed by atoms with Gasteiger partial charge in [-0.15, -0.1) is 10.2 Å². The molecule has 1 amide bonds. The second kappa shape index (κ2) is 11.1. The van der Waals surface area contributed by atoms with Crippen LogP contribution in [0.3, 0.4) is 0 Å². The minimum atomic E-state index is -0.285. The van der Waals surface area contributed by atoms with Gasteiger partial charge in [0.1, 0.15) is 5.82 Å². The lowest BCUT2D eigenvalue weighted by Gasteiger charge is -2.26. The van der Waals surface area contributed by atoms with Crippen molar-refractivity contribution in [3.05, 3.63) is 70.8 Å². The highest BCUT2D eigenvalue weighted by molar-refractivity contribution is 7.99. The van der Waals surface area contributed by atoms with Crippen molar-refractivity contribution in [1.82, 2.24) is 24.6 Å². The van der Waals surface area contributed by atoms with E-state index in [1.165, 1.54) is 54.3 Å². The Kier molecular flexibility index (Phi) is 8.00. The molecule has 1 aromatic heterocycles. The topological polar surface area (TPSA) is 54.3 Å². The van der Waals surface area contributed by atoms with Crippen LogP contribution >= 0.6 is 11.8 Å². The van der Waals surface area contributed by atoms with E-state index in [0.29, 0.717) is 18.2 Å². The van der Waals surface area contributed by atoms with Gasteiger partial charge < -0.3 is 4.90 Å². The van der Waals surface area contributed by atoms with Gasteiger partial charge >= 0.3 is 0 Å². The van der Waals surface area contributed by atoms with Crippen LogP contribution in [0, 0.1) is 19.7 Å². The second-order valence-electron chi connectivity index (χ2n) is 9.02. The van der Waals surface area contributed by atoms with Crippen molar-refractivity contribution < 1.29 is 9.18 Å². The molecule has 0 radical (unpaired) electrons. The molecule has 0 N–H and O–H groups in total. The number of halogens is 1. The van der Waals surface area contributed by atoms with Crippen LogP contribution in [0.1, 0.15) is 41.8 Å². The fourth-order valence-corrected chi connectivity index (χ4v) is 5.18. The van der Waals surface area contributed by atoms with Crippen LogP contribution in [0.5, 0.6) is 0 Å². The van der Waals surface area contributed by atoms with E-state index in [2.05, 4.69) is 47.1 Å². The molecule has 0 unspecified atom stereocenters. The van der Waals surface area contributed by atoms with Crippen LogP contribution < -0.4 is 0 Å². The van der Waals surface area contributed by atoms with E-state index in [-0.39, 0.29) is 17.5 Å². The normalized spacial score (nSPS) is 14.4. The van der Waals surface area contributed by atoms with Crippen LogP contribution in [0.2, 0.25) is 0 Å². The van der Waals surface area contributed by atoms with Crippen molar-refractivity contribution in [1.29, 1.82) is 0 Å². The summed E-state index contributed by atoms with van der Waals surface area (Å²) in [7, 11) is 1.83. The minimum Gasteiger partial charge on any atom is -0.341 e. The van der Waals surface area contributed by atoms with E-state index in [9.17, 15) is 9.18 Å². The molecule has 0 saturated carbocycles. The van der Waals surface area contributed by atoms with E-state index in [0.717, 1.165) is 30.2 Å². The quantitative estimate of drug-likeness (QED) is 0.434. The maximum absolute atomic E-state index is 13.6.